The molecule has 37 heavy (non-hydrogen) atoms. The summed E-state index contributed by atoms with van der Waals surface area (Å²) in [7, 11) is 0. The average Bonchev–Trinajstić information content (AvgIpc) is 3.51. The number of aromatic nitrogens is 1. The summed E-state index contributed by atoms with van der Waals surface area (Å²) >= 11 is 0. The minimum atomic E-state index is -0.301. The predicted octanol–water partition coefficient (Wildman–Crippen LogP) is 7.95. The Bertz CT molecular complexity index is 1570. The Morgan fingerprint density at radius 1 is 1.08 bits per heavy atom. The number of pyridine rings is 1. The highest BCUT2D eigenvalue weighted by molar-refractivity contribution is 5.73. The highest BCUT2D eigenvalue weighted by Crippen LogP contribution is 2.63. The molecule has 1 heterocycles. The maximum Gasteiger partial charge on any atom is 0.213 e. The molecule has 182 valence electrons. The first-order valence-electron chi connectivity index (χ1n) is 12.3. The van der Waals surface area contributed by atoms with Crippen LogP contribution in [-0.4, -0.2) is 10.1 Å². The highest BCUT2D eigenvalue weighted by atomic mass is 19.1. The number of aliphatic hydroxyl groups is 1. The van der Waals surface area contributed by atoms with Crippen LogP contribution in [0.5, 0.6) is 5.88 Å². The summed E-state index contributed by atoms with van der Waals surface area (Å²) in [6.45, 7) is 12.8. The highest BCUT2D eigenvalue weighted by Gasteiger charge is 2.57. The number of aryl methyl sites for hydroxylation is 1. The summed E-state index contributed by atoms with van der Waals surface area (Å²) in [5.41, 5.74) is 8.33. The molecule has 1 saturated carbocycles. The van der Waals surface area contributed by atoms with Crippen molar-refractivity contribution in [1.82, 2.24) is 4.98 Å². The predicted molar refractivity (Wildman–Crippen MR) is 142 cm³/mol. The van der Waals surface area contributed by atoms with E-state index in [0.717, 1.165) is 39.8 Å². The van der Waals surface area contributed by atoms with Crippen molar-refractivity contribution in [3.8, 4) is 28.1 Å². The zero-order valence-corrected chi connectivity index (χ0v) is 20.4. The molecule has 2 aliphatic carbocycles. The van der Waals surface area contributed by atoms with E-state index in [9.17, 15) is 9.50 Å². The lowest BCUT2D eigenvalue weighted by Gasteiger charge is -2.13. The molecule has 1 N–H and O–H groups in total. The largest absolute Gasteiger partial charge is 0.513 e. The number of hydrogen-bond donors (Lipinski definition) is 1. The standard InChI is InChI=1S/C32H25FN2O2/c1-18-12-29(33)24(17-37-30-15-23-13-27-31(19(2)36)32(27)28(23)16-35-30)14-26(18)22-6-4-20(5-7-22)21-8-10-25(34-3)11-9-21/h4-12,14-16,27,31-32,36H,2,13,17H2,1H3/t27-,31-,32+/m0/s1. The molecule has 0 saturated heterocycles. The molecule has 2 aliphatic rings. The van der Waals surface area contributed by atoms with Crippen molar-refractivity contribution >= 4 is 5.69 Å². The quantitative estimate of drug-likeness (QED) is 0.221. The average molecular weight is 489 g/mol. The van der Waals surface area contributed by atoms with E-state index in [4.69, 9.17) is 11.3 Å². The van der Waals surface area contributed by atoms with Crippen LogP contribution < -0.4 is 4.74 Å². The lowest BCUT2D eigenvalue weighted by atomic mass is 9.95. The first-order chi connectivity index (χ1) is 17.9. The van der Waals surface area contributed by atoms with E-state index in [0.29, 0.717) is 29.0 Å². The molecule has 6 rings (SSSR count). The second-order valence-corrected chi connectivity index (χ2v) is 9.92. The van der Waals surface area contributed by atoms with Gasteiger partial charge in [-0.1, -0.05) is 55.1 Å². The normalized spacial score (nSPS) is 19.0. The number of hydrogen-bond acceptors (Lipinski definition) is 3. The lowest BCUT2D eigenvalue weighted by Crippen LogP contribution is -2.03. The van der Waals surface area contributed by atoms with E-state index in [2.05, 4.69) is 16.4 Å². The third-order valence-electron chi connectivity index (χ3n) is 7.66. The van der Waals surface area contributed by atoms with Gasteiger partial charge in [0.1, 0.15) is 12.4 Å². The Labute approximate surface area is 215 Å². The molecule has 0 unspecified atom stereocenters. The van der Waals surface area contributed by atoms with Gasteiger partial charge in [-0.05, 0) is 76.3 Å². The summed E-state index contributed by atoms with van der Waals surface area (Å²) in [4.78, 5) is 7.88. The molecule has 4 aromatic rings. The van der Waals surface area contributed by atoms with E-state index in [1.807, 2.05) is 73.8 Å². The third kappa shape index (κ3) is 4.15. The second-order valence-electron chi connectivity index (χ2n) is 9.92. The molecule has 0 aliphatic heterocycles. The Hall–Kier alpha value is -4.43. The van der Waals surface area contributed by atoms with Gasteiger partial charge in [0.15, 0.2) is 5.69 Å². The van der Waals surface area contributed by atoms with E-state index in [1.165, 1.54) is 5.56 Å². The van der Waals surface area contributed by atoms with Crippen LogP contribution in [0.4, 0.5) is 10.1 Å². The Kier molecular flexibility index (Phi) is 5.53. The maximum absolute atomic E-state index is 14.8. The van der Waals surface area contributed by atoms with Crippen molar-refractivity contribution in [1.29, 1.82) is 0 Å². The minimum Gasteiger partial charge on any atom is -0.513 e. The maximum atomic E-state index is 14.8. The van der Waals surface area contributed by atoms with Crippen molar-refractivity contribution < 1.29 is 14.2 Å². The fourth-order valence-electron chi connectivity index (χ4n) is 5.66. The van der Waals surface area contributed by atoms with Gasteiger partial charge in [0, 0.05) is 23.7 Å². The Morgan fingerprint density at radius 2 is 1.76 bits per heavy atom. The molecule has 5 heteroatoms. The van der Waals surface area contributed by atoms with E-state index in [-0.39, 0.29) is 24.1 Å². The Balaban J connectivity index is 1.19. The zero-order valence-electron chi connectivity index (χ0n) is 20.4. The van der Waals surface area contributed by atoms with Crippen molar-refractivity contribution in [2.24, 2.45) is 11.8 Å². The second kappa shape index (κ2) is 8.90. The van der Waals surface area contributed by atoms with E-state index in [1.54, 1.807) is 6.07 Å². The van der Waals surface area contributed by atoms with Gasteiger partial charge in [-0.2, -0.15) is 0 Å². The number of ether oxygens (including phenoxy) is 1. The SMILES string of the molecule is [C-]#[N+]c1ccc(-c2ccc(-c3cc(COc4cc5c(cn4)[C@H]4[C@@H](C5)[C@@H]4C(=C)O)c(F)cc3C)cc2)cc1. The van der Waals surface area contributed by atoms with Crippen LogP contribution in [-0.2, 0) is 13.0 Å². The van der Waals surface area contributed by atoms with Crippen molar-refractivity contribution in [3.63, 3.8) is 0 Å². The number of benzene rings is 3. The number of fused-ring (bicyclic) bond motifs is 3. The molecule has 0 spiro atoms. The van der Waals surface area contributed by atoms with Crippen LogP contribution in [0.1, 0.15) is 28.2 Å². The van der Waals surface area contributed by atoms with Gasteiger partial charge >= 0.3 is 0 Å². The summed E-state index contributed by atoms with van der Waals surface area (Å²) in [6.07, 6.45) is 2.71. The zero-order chi connectivity index (χ0) is 25.7. The van der Waals surface area contributed by atoms with Gasteiger partial charge < -0.3 is 9.84 Å². The number of allylic oxidation sites excluding steroid dienone is 1. The number of nitrogens with zero attached hydrogens (tertiary/aromatic N) is 2. The van der Waals surface area contributed by atoms with Gasteiger partial charge in [0.25, 0.3) is 0 Å². The lowest BCUT2D eigenvalue weighted by molar-refractivity contribution is 0.287. The van der Waals surface area contributed by atoms with Crippen LogP contribution in [0.3, 0.4) is 0 Å². The van der Waals surface area contributed by atoms with Crippen molar-refractivity contribution in [2.45, 2.75) is 25.9 Å². The van der Waals surface area contributed by atoms with Crippen LogP contribution in [0, 0.1) is 31.1 Å². The Morgan fingerprint density at radius 3 is 2.43 bits per heavy atom. The van der Waals surface area contributed by atoms with Crippen LogP contribution in [0.2, 0.25) is 0 Å². The molecule has 0 radical (unpaired) electrons. The summed E-state index contributed by atoms with van der Waals surface area (Å²) in [6, 6.07) is 21.0. The molecular formula is C32H25FN2O2. The topological polar surface area (TPSA) is 46.7 Å². The number of aliphatic hydroxyl groups excluding tert-OH is 1. The van der Waals surface area contributed by atoms with Gasteiger partial charge in [0.05, 0.1) is 12.3 Å². The molecule has 4 nitrogen and oxygen atoms in total. The summed E-state index contributed by atoms with van der Waals surface area (Å²) < 4.78 is 20.7. The molecule has 1 aromatic heterocycles. The van der Waals surface area contributed by atoms with Gasteiger partial charge in [-0.15, -0.1) is 0 Å². The molecule has 3 aromatic carbocycles. The van der Waals surface area contributed by atoms with Crippen molar-refractivity contribution in [2.75, 3.05) is 0 Å². The van der Waals surface area contributed by atoms with Crippen molar-refractivity contribution in [3.05, 3.63) is 125 Å². The molecule has 1 fully saturated rings. The fraction of sp³-hybridized carbons (Fsp3) is 0.188. The number of halogens is 1. The monoisotopic (exact) mass is 488 g/mol. The summed E-state index contributed by atoms with van der Waals surface area (Å²) in [5.74, 6) is 1.32. The third-order valence-corrected chi connectivity index (χ3v) is 7.66. The molecule has 0 amide bonds. The van der Waals surface area contributed by atoms with Crippen LogP contribution in [0.15, 0.2) is 85.3 Å². The summed E-state index contributed by atoms with van der Waals surface area (Å²) in [5, 5.41) is 9.74. The number of rotatable bonds is 6. The first-order valence-corrected chi connectivity index (χ1v) is 12.3. The minimum absolute atomic E-state index is 0.0827. The van der Waals surface area contributed by atoms with Gasteiger partial charge in [-0.3, -0.25) is 0 Å². The smallest absolute Gasteiger partial charge is 0.213 e. The fourth-order valence-corrected chi connectivity index (χ4v) is 5.66. The molecular weight excluding hydrogens is 463 g/mol. The van der Waals surface area contributed by atoms with Gasteiger partial charge in [-0.25, -0.2) is 14.2 Å². The molecule has 3 atom stereocenters. The van der Waals surface area contributed by atoms with Crippen LogP contribution >= 0.6 is 0 Å². The first kappa shape index (κ1) is 23.0. The van der Waals surface area contributed by atoms with E-state index >= 15 is 0 Å². The van der Waals surface area contributed by atoms with Gasteiger partial charge in [0.2, 0.25) is 5.88 Å². The van der Waals surface area contributed by atoms with E-state index < -0.39 is 0 Å². The van der Waals surface area contributed by atoms with Crippen LogP contribution in [0.25, 0.3) is 27.1 Å². The molecule has 0 bridgehead atoms.